The van der Waals surface area contributed by atoms with Gasteiger partial charge in [-0.1, -0.05) is 30.3 Å². The van der Waals surface area contributed by atoms with Gasteiger partial charge in [-0.25, -0.2) is 0 Å². The molecule has 0 unspecified atom stereocenters. The number of nitro groups is 1. The van der Waals surface area contributed by atoms with Gasteiger partial charge in [-0.15, -0.1) is 0 Å². The number of nitriles is 1. The van der Waals surface area contributed by atoms with Crippen molar-refractivity contribution >= 4 is 17.1 Å². The molecule has 0 aromatic heterocycles. The average Bonchev–Trinajstić information content (AvgIpc) is 3.12. The van der Waals surface area contributed by atoms with E-state index < -0.39 is 4.92 Å². The minimum Gasteiger partial charge on any atom is -0.392 e. The molecule has 7 heteroatoms. The Balaban J connectivity index is 2.33. The fourth-order valence-electron chi connectivity index (χ4n) is 3.83. The van der Waals surface area contributed by atoms with Crippen LogP contribution in [-0.4, -0.2) is 43.0 Å². The van der Waals surface area contributed by atoms with Crippen LogP contribution in [0.5, 0.6) is 0 Å². The smallest absolute Gasteiger partial charge is 0.317 e. The van der Waals surface area contributed by atoms with E-state index in [4.69, 9.17) is 5.73 Å². The van der Waals surface area contributed by atoms with E-state index >= 15 is 0 Å². The van der Waals surface area contributed by atoms with Crippen molar-refractivity contribution in [3.63, 3.8) is 0 Å². The van der Waals surface area contributed by atoms with Gasteiger partial charge in [0.05, 0.1) is 10.5 Å². The van der Waals surface area contributed by atoms with Gasteiger partial charge in [0.2, 0.25) is 0 Å². The Bertz CT molecular complexity index is 918. The number of nitrogens with zero attached hydrogens (tertiary/aromatic N) is 4. The van der Waals surface area contributed by atoms with Crippen LogP contribution in [0.15, 0.2) is 30.3 Å². The third-order valence-electron chi connectivity index (χ3n) is 5.30. The first-order chi connectivity index (χ1) is 12.9. The molecular weight excluding hydrogens is 342 g/mol. The van der Waals surface area contributed by atoms with Crippen molar-refractivity contribution in [1.29, 1.82) is 5.26 Å². The molecule has 2 aromatic rings. The van der Waals surface area contributed by atoms with Gasteiger partial charge in [0.1, 0.15) is 17.4 Å². The number of anilines is 2. The van der Waals surface area contributed by atoms with Gasteiger partial charge < -0.3 is 15.5 Å². The normalized spacial score (nSPS) is 16.6. The molecule has 1 aliphatic rings. The summed E-state index contributed by atoms with van der Waals surface area (Å²) in [6.45, 7) is 3.19. The predicted octanol–water partition coefficient (Wildman–Crippen LogP) is 3.16. The molecule has 1 fully saturated rings. The molecule has 140 valence electrons. The Kier molecular flexibility index (Phi) is 5.02. The Labute approximate surface area is 158 Å². The maximum atomic E-state index is 12.0. The number of rotatable bonds is 4. The summed E-state index contributed by atoms with van der Waals surface area (Å²) in [7, 11) is 4.03. The van der Waals surface area contributed by atoms with Gasteiger partial charge in [0, 0.05) is 24.7 Å². The van der Waals surface area contributed by atoms with Crippen LogP contribution in [0.1, 0.15) is 17.5 Å². The van der Waals surface area contributed by atoms with Crippen LogP contribution in [0.2, 0.25) is 0 Å². The van der Waals surface area contributed by atoms with E-state index in [9.17, 15) is 15.4 Å². The summed E-state index contributed by atoms with van der Waals surface area (Å²) >= 11 is 0. The molecule has 0 aliphatic carbocycles. The first-order valence-corrected chi connectivity index (χ1v) is 8.84. The van der Waals surface area contributed by atoms with Crippen molar-refractivity contribution in [2.45, 2.75) is 19.4 Å². The molecule has 1 aliphatic heterocycles. The summed E-state index contributed by atoms with van der Waals surface area (Å²) in [4.78, 5) is 15.7. The molecule has 27 heavy (non-hydrogen) atoms. The summed E-state index contributed by atoms with van der Waals surface area (Å²) in [6.07, 6.45) is 0.914. The second kappa shape index (κ2) is 7.25. The van der Waals surface area contributed by atoms with Gasteiger partial charge in [0.15, 0.2) is 0 Å². The van der Waals surface area contributed by atoms with Gasteiger partial charge in [-0.3, -0.25) is 10.1 Å². The molecule has 7 nitrogen and oxygen atoms in total. The summed E-state index contributed by atoms with van der Waals surface area (Å²) < 4.78 is 0. The van der Waals surface area contributed by atoms with E-state index in [0.29, 0.717) is 35.9 Å². The van der Waals surface area contributed by atoms with Crippen molar-refractivity contribution in [3.05, 3.63) is 51.6 Å². The second-order valence-electron chi connectivity index (χ2n) is 7.07. The van der Waals surface area contributed by atoms with Gasteiger partial charge in [-0.2, -0.15) is 5.26 Å². The van der Waals surface area contributed by atoms with Crippen LogP contribution >= 0.6 is 0 Å². The number of hydrogen-bond acceptors (Lipinski definition) is 6. The Morgan fingerprint density at radius 3 is 2.52 bits per heavy atom. The molecule has 2 aromatic carbocycles. The van der Waals surface area contributed by atoms with Crippen LogP contribution in [-0.2, 0) is 0 Å². The van der Waals surface area contributed by atoms with E-state index in [0.717, 1.165) is 12.0 Å². The van der Waals surface area contributed by atoms with Crippen molar-refractivity contribution in [2.24, 2.45) is 0 Å². The minimum atomic E-state index is -0.458. The minimum absolute atomic E-state index is 0.0528. The third kappa shape index (κ3) is 3.20. The number of nitrogen functional groups attached to an aromatic ring is 1. The van der Waals surface area contributed by atoms with Crippen molar-refractivity contribution in [1.82, 2.24) is 4.90 Å². The van der Waals surface area contributed by atoms with Crippen LogP contribution in [0.3, 0.4) is 0 Å². The fourth-order valence-corrected chi connectivity index (χ4v) is 3.83. The standard InChI is InChI=1S/C20H23N5O2/c1-13-16(11-21)18(22)20(25(26)27)19(17(13)14-7-5-4-6-8-14)24-10-9-15(12-24)23(2)3/h4-8,15H,9-10,12,22H2,1-3H3/t15-/m0/s1. The molecule has 1 heterocycles. The number of benzene rings is 2. The van der Waals surface area contributed by atoms with Crippen molar-refractivity contribution in [3.8, 4) is 17.2 Å². The Morgan fingerprint density at radius 1 is 1.33 bits per heavy atom. The summed E-state index contributed by atoms with van der Waals surface area (Å²) in [5, 5.41) is 21.5. The lowest BCUT2D eigenvalue weighted by atomic mass is 9.91. The van der Waals surface area contributed by atoms with Crippen LogP contribution < -0.4 is 10.6 Å². The van der Waals surface area contributed by atoms with E-state index in [1.165, 1.54) is 0 Å². The van der Waals surface area contributed by atoms with Gasteiger partial charge in [-0.05, 0) is 38.6 Å². The molecule has 0 amide bonds. The highest BCUT2D eigenvalue weighted by Gasteiger charge is 2.35. The first kappa shape index (κ1) is 18.7. The monoisotopic (exact) mass is 365 g/mol. The SMILES string of the molecule is Cc1c(C#N)c(N)c([N+](=O)[O-])c(N2CC[C@H](N(C)C)C2)c1-c1ccccc1. The third-order valence-corrected chi connectivity index (χ3v) is 5.30. The highest BCUT2D eigenvalue weighted by Crippen LogP contribution is 2.47. The van der Waals surface area contributed by atoms with Gasteiger partial charge in [0.25, 0.3) is 0 Å². The number of hydrogen-bond donors (Lipinski definition) is 1. The van der Waals surface area contributed by atoms with Crippen LogP contribution in [0, 0.1) is 28.4 Å². The topological polar surface area (TPSA) is 99.4 Å². The number of likely N-dealkylation sites (N-methyl/N-ethyl adjacent to an activating group) is 1. The number of nitro benzene ring substituents is 1. The van der Waals surface area contributed by atoms with E-state index in [1.807, 2.05) is 56.3 Å². The molecule has 0 spiro atoms. The van der Waals surface area contributed by atoms with Crippen LogP contribution in [0.25, 0.3) is 11.1 Å². The molecule has 1 atom stereocenters. The summed E-state index contributed by atoms with van der Waals surface area (Å²) in [5.74, 6) is 0. The maximum Gasteiger partial charge on any atom is 0.317 e. The van der Waals surface area contributed by atoms with Gasteiger partial charge >= 0.3 is 5.69 Å². The molecule has 1 saturated heterocycles. The highest BCUT2D eigenvalue weighted by molar-refractivity contribution is 5.95. The lowest BCUT2D eigenvalue weighted by Crippen LogP contribution is -2.32. The van der Waals surface area contributed by atoms with E-state index in [-0.39, 0.29) is 16.9 Å². The predicted molar refractivity (Wildman–Crippen MR) is 107 cm³/mol. The molecule has 3 rings (SSSR count). The number of nitrogens with two attached hydrogens (primary N) is 1. The summed E-state index contributed by atoms with van der Waals surface area (Å²) in [5.41, 5.74) is 8.81. The molecular formula is C20H23N5O2. The highest BCUT2D eigenvalue weighted by atomic mass is 16.6. The Morgan fingerprint density at radius 2 is 2.00 bits per heavy atom. The first-order valence-electron chi connectivity index (χ1n) is 8.84. The molecule has 0 bridgehead atoms. The van der Waals surface area contributed by atoms with Crippen LogP contribution in [0.4, 0.5) is 17.1 Å². The quantitative estimate of drug-likeness (QED) is 0.507. The van der Waals surface area contributed by atoms with Crippen molar-refractivity contribution in [2.75, 3.05) is 37.8 Å². The van der Waals surface area contributed by atoms with E-state index in [1.54, 1.807) is 0 Å². The lowest BCUT2D eigenvalue weighted by Gasteiger charge is -2.26. The lowest BCUT2D eigenvalue weighted by molar-refractivity contribution is -0.383. The zero-order valence-electron chi connectivity index (χ0n) is 15.8. The zero-order chi connectivity index (χ0) is 19.7. The molecule has 2 N–H and O–H groups in total. The average molecular weight is 365 g/mol. The maximum absolute atomic E-state index is 12.0. The zero-order valence-corrected chi connectivity index (χ0v) is 15.8. The Hall–Kier alpha value is -3.11. The largest absolute Gasteiger partial charge is 0.392 e. The molecule has 0 radical (unpaired) electrons. The second-order valence-corrected chi connectivity index (χ2v) is 7.07. The van der Waals surface area contributed by atoms with E-state index in [2.05, 4.69) is 11.0 Å². The summed E-state index contributed by atoms with van der Waals surface area (Å²) in [6, 6.07) is 11.9. The fraction of sp³-hybridized carbons (Fsp3) is 0.350. The molecule has 0 saturated carbocycles. The van der Waals surface area contributed by atoms with Crippen molar-refractivity contribution < 1.29 is 4.92 Å².